The van der Waals surface area contributed by atoms with Gasteiger partial charge in [-0.05, 0) is 35.6 Å². The summed E-state index contributed by atoms with van der Waals surface area (Å²) >= 11 is 0. The fourth-order valence-electron chi connectivity index (χ4n) is 3.90. The fourth-order valence-corrected chi connectivity index (χ4v) is 3.90. The highest BCUT2D eigenvalue weighted by Crippen LogP contribution is 2.31. The van der Waals surface area contributed by atoms with Crippen LogP contribution >= 0.6 is 0 Å². The summed E-state index contributed by atoms with van der Waals surface area (Å²) in [4.78, 5) is 12.9. The Morgan fingerprint density at radius 3 is 2.93 bits per heavy atom. The first-order valence-corrected chi connectivity index (χ1v) is 9.70. The smallest absolute Gasteiger partial charge is 0.181 e. The molecule has 0 saturated heterocycles. The largest absolute Gasteiger partial charge is 0.442 e. The number of nitrogens with zero attached hydrogens (tertiary/aromatic N) is 3. The van der Waals surface area contributed by atoms with Gasteiger partial charge in [-0.3, -0.25) is 0 Å². The standard InChI is InChI=1S/C23H21N5O/c24-23-22(21-13-25-14-29-21)28-20(12-27-23)17-6-3-4-15(10-17)11-26-19-9-8-16-5-1-2-7-18(16)19/h1-7,10,12-14,19,26H,8-9,11H2,(H2,24,27)/t19-/m0/s1. The van der Waals surface area contributed by atoms with Gasteiger partial charge in [0.05, 0.1) is 18.1 Å². The lowest BCUT2D eigenvalue weighted by Crippen LogP contribution is -2.18. The van der Waals surface area contributed by atoms with Gasteiger partial charge in [0.25, 0.3) is 0 Å². The second kappa shape index (κ2) is 7.48. The number of nitrogens with one attached hydrogen (secondary N) is 1. The maximum absolute atomic E-state index is 5.97. The minimum atomic E-state index is 0.322. The van der Waals surface area contributed by atoms with Crippen molar-refractivity contribution in [3.8, 4) is 22.7 Å². The van der Waals surface area contributed by atoms with E-state index in [4.69, 9.17) is 10.2 Å². The monoisotopic (exact) mass is 383 g/mol. The van der Waals surface area contributed by atoms with Crippen LogP contribution in [0.5, 0.6) is 0 Å². The molecule has 1 aliphatic carbocycles. The molecule has 2 heterocycles. The van der Waals surface area contributed by atoms with Gasteiger partial charge in [-0.25, -0.2) is 15.0 Å². The molecule has 0 radical (unpaired) electrons. The van der Waals surface area contributed by atoms with Gasteiger partial charge in [0, 0.05) is 18.2 Å². The summed E-state index contributed by atoms with van der Waals surface area (Å²) in [5, 5.41) is 3.70. The lowest BCUT2D eigenvalue weighted by molar-refractivity contribution is 0.530. The van der Waals surface area contributed by atoms with Gasteiger partial charge < -0.3 is 15.5 Å². The number of nitrogen functional groups attached to an aromatic ring is 1. The molecule has 29 heavy (non-hydrogen) atoms. The van der Waals surface area contributed by atoms with Crippen LogP contribution in [0, 0.1) is 0 Å². The van der Waals surface area contributed by atoms with Crippen LogP contribution in [0.4, 0.5) is 5.82 Å². The van der Waals surface area contributed by atoms with E-state index in [-0.39, 0.29) is 0 Å². The number of oxazole rings is 1. The third-order valence-corrected chi connectivity index (χ3v) is 5.37. The van der Waals surface area contributed by atoms with Crippen molar-refractivity contribution in [1.82, 2.24) is 20.3 Å². The number of aryl methyl sites for hydroxylation is 1. The Balaban J connectivity index is 1.36. The van der Waals surface area contributed by atoms with Crippen LogP contribution in [0.15, 0.2) is 71.7 Å². The number of nitrogens with two attached hydrogens (primary N) is 1. The predicted octanol–water partition coefficient (Wildman–Crippen LogP) is 4.16. The maximum atomic E-state index is 5.97. The Bertz CT molecular complexity index is 1140. The summed E-state index contributed by atoms with van der Waals surface area (Å²) in [7, 11) is 0. The molecule has 1 aliphatic rings. The quantitative estimate of drug-likeness (QED) is 0.538. The van der Waals surface area contributed by atoms with Gasteiger partial charge in [0.2, 0.25) is 0 Å². The van der Waals surface area contributed by atoms with Gasteiger partial charge in [-0.2, -0.15) is 0 Å². The molecule has 5 rings (SSSR count). The molecule has 0 amide bonds. The Kier molecular flexibility index (Phi) is 4.54. The third kappa shape index (κ3) is 3.50. The molecule has 6 heteroatoms. The topological polar surface area (TPSA) is 89.9 Å². The van der Waals surface area contributed by atoms with Crippen molar-refractivity contribution < 1.29 is 4.42 Å². The van der Waals surface area contributed by atoms with Crippen molar-refractivity contribution in [2.24, 2.45) is 0 Å². The number of benzene rings is 2. The van der Waals surface area contributed by atoms with Crippen LogP contribution in [0.1, 0.15) is 29.2 Å². The van der Waals surface area contributed by atoms with Crippen LogP contribution in [0.2, 0.25) is 0 Å². The molecule has 3 N–H and O–H groups in total. The Hall–Kier alpha value is -3.51. The average Bonchev–Trinajstić information content (AvgIpc) is 3.43. The highest BCUT2D eigenvalue weighted by molar-refractivity contribution is 5.69. The van der Waals surface area contributed by atoms with E-state index in [1.54, 1.807) is 12.4 Å². The Morgan fingerprint density at radius 1 is 1.10 bits per heavy atom. The Morgan fingerprint density at radius 2 is 2.03 bits per heavy atom. The van der Waals surface area contributed by atoms with Gasteiger partial charge in [-0.15, -0.1) is 0 Å². The molecule has 144 valence electrons. The van der Waals surface area contributed by atoms with E-state index in [1.165, 1.54) is 23.1 Å². The predicted molar refractivity (Wildman–Crippen MR) is 112 cm³/mol. The van der Waals surface area contributed by atoms with Gasteiger partial charge in [0.1, 0.15) is 0 Å². The third-order valence-electron chi connectivity index (χ3n) is 5.37. The summed E-state index contributed by atoms with van der Waals surface area (Å²) in [6, 6.07) is 17.4. The number of fused-ring (bicyclic) bond motifs is 1. The minimum Gasteiger partial charge on any atom is -0.442 e. The molecule has 4 aromatic rings. The van der Waals surface area contributed by atoms with Crippen LogP contribution in [0.25, 0.3) is 22.7 Å². The van der Waals surface area contributed by atoms with Crippen LogP contribution in [-0.4, -0.2) is 15.0 Å². The number of hydrogen-bond donors (Lipinski definition) is 2. The lowest BCUT2D eigenvalue weighted by atomic mass is 10.1. The molecule has 2 aromatic heterocycles. The van der Waals surface area contributed by atoms with Crippen molar-refractivity contribution in [3.05, 3.63) is 84.0 Å². The summed E-state index contributed by atoms with van der Waals surface area (Å²) in [6.07, 6.45) is 6.91. The molecule has 0 fully saturated rings. The van der Waals surface area contributed by atoms with E-state index in [0.29, 0.717) is 23.3 Å². The van der Waals surface area contributed by atoms with Crippen molar-refractivity contribution in [2.75, 3.05) is 5.73 Å². The summed E-state index contributed by atoms with van der Waals surface area (Å²) < 4.78 is 5.34. The van der Waals surface area contributed by atoms with Crippen molar-refractivity contribution in [2.45, 2.75) is 25.4 Å². The Labute approximate surface area is 168 Å². The second-order valence-electron chi connectivity index (χ2n) is 7.23. The van der Waals surface area contributed by atoms with Gasteiger partial charge >= 0.3 is 0 Å². The fraction of sp³-hybridized carbons (Fsp3) is 0.174. The molecule has 0 saturated carbocycles. The first kappa shape index (κ1) is 17.6. The van der Waals surface area contributed by atoms with Crippen LogP contribution < -0.4 is 11.1 Å². The first-order chi connectivity index (χ1) is 14.3. The zero-order valence-electron chi connectivity index (χ0n) is 15.9. The van der Waals surface area contributed by atoms with Gasteiger partial charge in [-0.1, -0.05) is 42.5 Å². The minimum absolute atomic E-state index is 0.322. The van der Waals surface area contributed by atoms with Crippen molar-refractivity contribution >= 4 is 5.82 Å². The molecule has 1 atom stereocenters. The van der Waals surface area contributed by atoms with E-state index in [1.807, 2.05) is 12.1 Å². The highest BCUT2D eigenvalue weighted by atomic mass is 16.3. The summed E-state index contributed by atoms with van der Waals surface area (Å²) in [6.45, 7) is 0.796. The van der Waals surface area contributed by atoms with Crippen LogP contribution in [0.3, 0.4) is 0 Å². The van der Waals surface area contributed by atoms with E-state index in [2.05, 4.69) is 56.7 Å². The van der Waals surface area contributed by atoms with Crippen molar-refractivity contribution in [3.63, 3.8) is 0 Å². The molecule has 0 spiro atoms. The zero-order chi connectivity index (χ0) is 19.6. The number of aromatic nitrogens is 3. The van der Waals surface area contributed by atoms with Crippen LogP contribution in [-0.2, 0) is 13.0 Å². The van der Waals surface area contributed by atoms with Crippen molar-refractivity contribution in [1.29, 1.82) is 0 Å². The van der Waals surface area contributed by atoms with E-state index in [9.17, 15) is 0 Å². The van der Waals surface area contributed by atoms with E-state index >= 15 is 0 Å². The average molecular weight is 383 g/mol. The first-order valence-electron chi connectivity index (χ1n) is 9.70. The maximum Gasteiger partial charge on any atom is 0.181 e. The molecular weight excluding hydrogens is 362 g/mol. The summed E-state index contributed by atoms with van der Waals surface area (Å²) in [5.41, 5.74) is 12.3. The molecular formula is C23H21N5O. The number of rotatable bonds is 5. The molecule has 0 unspecified atom stereocenters. The van der Waals surface area contributed by atoms with E-state index < -0.39 is 0 Å². The highest BCUT2D eigenvalue weighted by Gasteiger charge is 2.21. The number of hydrogen-bond acceptors (Lipinski definition) is 6. The molecule has 0 bridgehead atoms. The lowest BCUT2D eigenvalue weighted by Gasteiger charge is -2.14. The molecule has 2 aromatic carbocycles. The molecule has 0 aliphatic heterocycles. The normalized spacial score (nSPS) is 15.4. The van der Waals surface area contributed by atoms with Gasteiger partial charge in [0.15, 0.2) is 23.7 Å². The summed E-state index contributed by atoms with van der Waals surface area (Å²) in [5.74, 6) is 0.831. The SMILES string of the molecule is Nc1ncc(-c2cccc(CN[C@H]3CCc4ccccc43)c2)nc1-c1cnco1. The van der Waals surface area contributed by atoms with E-state index in [0.717, 1.165) is 30.6 Å². The zero-order valence-corrected chi connectivity index (χ0v) is 15.9. The molecule has 6 nitrogen and oxygen atoms in total. The second-order valence-corrected chi connectivity index (χ2v) is 7.23. The number of anilines is 1.